The van der Waals surface area contributed by atoms with Crippen LogP contribution in [0, 0.1) is 6.42 Å². The van der Waals surface area contributed by atoms with Gasteiger partial charge in [0.15, 0.2) is 0 Å². The molecule has 0 aliphatic rings. The van der Waals surface area contributed by atoms with Crippen LogP contribution >= 0.6 is 0 Å². The number of ether oxygens (including phenoxy) is 1. The number of aliphatic hydroxyl groups excluding tert-OH is 1. The van der Waals surface area contributed by atoms with Gasteiger partial charge in [0.05, 0.1) is 12.7 Å². The Morgan fingerprint density at radius 3 is 2.75 bits per heavy atom. The van der Waals surface area contributed by atoms with Gasteiger partial charge in [0.25, 0.3) is 0 Å². The number of hydrogen-bond acceptors (Lipinski definition) is 3. The number of carbonyl (C=O) groups excluding carboxylic acids is 1. The number of carbonyl (C=O) groups is 1. The van der Waals surface area contributed by atoms with Crippen molar-refractivity contribution in [2.24, 2.45) is 0 Å². The Morgan fingerprint density at radius 2 is 2.33 bits per heavy atom. The third kappa shape index (κ3) is 5.92. The van der Waals surface area contributed by atoms with Gasteiger partial charge < -0.3 is 9.84 Å². The molecule has 0 saturated carbocycles. The summed E-state index contributed by atoms with van der Waals surface area (Å²) in [4.78, 5) is 10.8. The van der Waals surface area contributed by atoms with Crippen molar-refractivity contribution in [3.63, 3.8) is 0 Å². The molecular weight excluding hydrogens is 156 g/mol. The van der Waals surface area contributed by atoms with E-state index in [1.165, 1.54) is 0 Å². The van der Waals surface area contributed by atoms with Gasteiger partial charge in [-0.1, -0.05) is 6.58 Å². The van der Waals surface area contributed by atoms with Gasteiger partial charge in [0.1, 0.15) is 0 Å². The summed E-state index contributed by atoms with van der Waals surface area (Å²) in [5.74, 6) is -0.392. The van der Waals surface area contributed by atoms with E-state index >= 15 is 0 Å². The van der Waals surface area contributed by atoms with Crippen LogP contribution in [0.5, 0.6) is 0 Å². The summed E-state index contributed by atoms with van der Waals surface area (Å²) in [5, 5.41) is 8.84. The zero-order valence-corrected chi connectivity index (χ0v) is 7.54. The van der Waals surface area contributed by atoms with E-state index in [1.54, 1.807) is 20.3 Å². The largest absolute Gasteiger partial charge is 0.462 e. The highest BCUT2D eigenvalue weighted by Crippen LogP contribution is 1.97. The number of aliphatic hydroxyl groups is 1. The highest BCUT2D eigenvalue weighted by molar-refractivity contribution is 5.86. The summed E-state index contributed by atoms with van der Waals surface area (Å²) >= 11 is 0. The van der Waals surface area contributed by atoms with Gasteiger partial charge in [-0.05, 0) is 20.3 Å². The molecule has 3 nitrogen and oxygen atoms in total. The van der Waals surface area contributed by atoms with Crippen molar-refractivity contribution in [2.75, 3.05) is 6.61 Å². The maximum atomic E-state index is 10.8. The van der Waals surface area contributed by atoms with Crippen molar-refractivity contribution in [1.29, 1.82) is 0 Å². The van der Waals surface area contributed by atoms with Crippen molar-refractivity contribution in [3.05, 3.63) is 18.6 Å². The Balaban J connectivity index is 3.32. The fourth-order valence-corrected chi connectivity index (χ4v) is 0.567. The van der Waals surface area contributed by atoms with Crippen LogP contribution in [0.25, 0.3) is 0 Å². The van der Waals surface area contributed by atoms with E-state index in [9.17, 15) is 4.79 Å². The van der Waals surface area contributed by atoms with E-state index in [0.717, 1.165) is 0 Å². The molecule has 0 aliphatic carbocycles. The van der Waals surface area contributed by atoms with Crippen LogP contribution in [0.15, 0.2) is 12.2 Å². The van der Waals surface area contributed by atoms with Crippen LogP contribution in [-0.2, 0) is 9.53 Å². The zero-order valence-electron chi connectivity index (χ0n) is 7.54. The molecule has 0 fully saturated rings. The highest BCUT2D eigenvalue weighted by Gasteiger charge is 2.02. The Labute approximate surface area is 73.0 Å². The number of rotatable bonds is 5. The predicted octanol–water partition coefficient (Wildman–Crippen LogP) is 1.08. The topological polar surface area (TPSA) is 46.5 Å². The van der Waals surface area contributed by atoms with Crippen LogP contribution in [0.1, 0.15) is 20.3 Å². The van der Waals surface area contributed by atoms with Gasteiger partial charge in [-0.3, -0.25) is 0 Å². The highest BCUT2D eigenvalue weighted by atomic mass is 16.5. The normalized spacial score (nSPS) is 12.2. The molecule has 0 aromatic heterocycles. The van der Waals surface area contributed by atoms with E-state index < -0.39 is 5.97 Å². The summed E-state index contributed by atoms with van der Waals surface area (Å²) in [6, 6.07) is 0. The van der Waals surface area contributed by atoms with Gasteiger partial charge in [-0.25, -0.2) is 4.79 Å². The van der Waals surface area contributed by atoms with Gasteiger partial charge in [-0.15, -0.1) is 0 Å². The standard InChI is InChI=1S/C9H15O3/c1-7(2)9(11)12-6-4-5-8(3)10/h4,8,10H,1,5-6H2,2-3H3. The second kappa shape index (κ2) is 5.77. The van der Waals surface area contributed by atoms with Crippen molar-refractivity contribution in [3.8, 4) is 0 Å². The van der Waals surface area contributed by atoms with Gasteiger partial charge in [-0.2, -0.15) is 0 Å². The lowest BCUT2D eigenvalue weighted by Crippen LogP contribution is -2.09. The molecule has 0 spiro atoms. The van der Waals surface area contributed by atoms with Crippen molar-refractivity contribution < 1.29 is 14.6 Å². The first-order valence-electron chi connectivity index (χ1n) is 3.86. The molecule has 69 valence electrons. The lowest BCUT2D eigenvalue weighted by Gasteiger charge is -2.04. The average Bonchev–Trinajstić information content (AvgIpc) is 1.97. The third-order valence-corrected chi connectivity index (χ3v) is 1.19. The minimum atomic E-state index is -0.392. The molecule has 0 rings (SSSR count). The first-order valence-corrected chi connectivity index (χ1v) is 3.86. The molecular formula is C9H15O3. The van der Waals surface area contributed by atoms with Crippen LogP contribution in [0.2, 0.25) is 0 Å². The number of hydrogen-bond donors (Lipinski definition) is 1. The molecule has 0 saturated heterocycles. The van der Waals surface area contributed by atoms with Crippen molar-refractivity contribution >= 4 is 5.97 Å². The third-order valence-electron chi connectivity index (χ3n) is 1.19. The van der Waals surface area contributed by atoms with E-state index in [2.05, 4.69) is 6.58 Å². The smallest absolute Gasteiger partial charge is 0.333 e. The second-order valence-electron chi connectivity index (χ2n) is 2.75. The molecule has 1 atom stereocenters. The maximum absolute atomic E-state index is 10.8. The molecule has 0 aromatic rings. The molecule has 0 heterocycles. The first-order chi connectivity index (χ1) is 5.54. The summed E-state index contributed by atoms with van der Waals surface area (Å²) in [5.41, 5.74) is 0.389. The molecule has 12 heavy (non-hydrogen) atoms. The van der Waals surface area contributed by atoms with Crippen molar-refractivity contribution in [2.45, 2.75) is 26.4 Å². The molecule has 1 unspecified atom stereocenters. The van der Waals surface area contributed by atoms with E-state index in [4.69, 9.17) is 9.84 Å². The van der Waals surface area contributed by atoms with Gasteiger partial charge >= 0.3 is 5.97 Å². The van der Waals surface area contributed by atoms with E-state index in [-0.39, 0.29) is 12.7 Å². The predicted molar refractivity (Wildman–Crippen MR) is 46.4 cm³/mol. The van der Waals surface area contributed by atoms with Gasteiger partial charge in [0.2, 0.25) is 0 Å². The zero-order chi connectivity index (χ0) is 9.56. The Bertz CT molecular complexity index is 161. The van der Waals surface area contributed by atoms with Crippen LogP contribution in [-0.4, -0.2) is 23.8 Å². The lowest BCUT2D eigenvalue weighted by atomic mass is 10.2. The minimum absolute atomic E-state index is 0.233. The molecule has 0 bridgehead atoms. The fourth-order valence-electron chi connectivity index (χ4n) is 0.567. The minimum Gasteiger partial charge on any atom is -0.462 e. The van der Waals surface area contributed by atoms with Crippen molar-refractivity contribution in [1.82, 2.24) is 0 Å². The first kappa shape index (κ1) is 11.2. The monoisotopic (exact) mass is 171 g/mol. The average molecular weight is 171 g/mol. The van der Waals surface area contributed by atoms with Gasteiger partial charge in [0, 0.05) is 12.0 Å². The fraction of sp³-hybridized carbons (Fsp3) is 0.556. The Morgan fingerprint density at radius 1 is 1.75 bits per heavy atom. The summed E-state index contributed by atoms with van der Waals surface area (Å²) in [6.07, 6.45) is 1.86. The summed E-state index contributed by atoms with van der Waals surface area (Å²) in [7, 11) is 0. The molecule has 1 radical (unpaired) electrons. The summed E-state index contributed by atoms with van der Waals surface area (Å²) in [6.45, 7) is 6.94. The van der Waals surface area contributed by atoms with E-state index in [1.807, 2.05) is 0 Å². The summed E-state index contributed by atoms with van der Waals surface area (Å²) < 4.78 is 4.75. The number of esters is 1. The second-order valence-corrected chi connectivity index (χ2v) is 2.75. The Hall–Kier alpha value is -0.830. The van der Waals surface area contributed by atoms with Crippen LogP contribution in [0.3, 0.4) is 0 Å². The molecule has 0 aliphatic heterocycles. The molecule has 0 amide bonds. The lowest BCUT2D eigenvalue weighted by molar-refractivity contribution is -0.138. The molecule has 0 aromatic carbocycles. The Kier molecular flexibility index (Phi) is 5.37. The SMILES string of the molecule is C=C(C)C(=O)OC[CH]CC(C)O. The quantitative estimate of drug-likeness (QED) is 0.382. The van der Waals surface area contributed by atoms with Crippen LogP contribution < -0.4 is 0 Å². The molecule has 1 N–H and O–H groups in total. The maximum Gasteiger partial charge on any atom is 0.333 e. The van der Waals surface area contributed by atoms with Crippen LogP contribution in [0.4, 0.5) is 0 Å². The van der Waals surface area contributed by atoms with E-state index in [0.29, 0.717) is 12.0 Å². The molecule has 3 heteroatoms.